The van der Waals surface area contributed by atoms with Gasteiger partial charge in [0.15, 0.2) is 6.29 Å². The number of aliphatic hydroxyl groups excluding tert-OH is 1. The molecule has 4 aromatic carbocycles. The van der Waals surface area contributed by atoms with Gasteiger partial charge in [-0.05, 0) is 71.9 Å². The number of carbonyl (C=O) groups excluding carboxylic acids is 1. The molecule has 8 nitrogen and oxygen atoms in total. The summed E-state index contributed by atoms with van der Waals surface area (Å²) in [5.74, 6) is -0.0976. The molecule has 2 N–H and O–H groups in total. The van der Waals surface area contributed by atoms with E-state index in [1.54, 1.807) is 0 Å². The van der Waals surface area contributed by atoms with Crippen LogP contribution >= 0.6 is 0 Å². The van der Waals surface area contributed by atoms with Crippen LogP contribution in [0.5, 0.6) is 0 Å². The van der Waals surface area contributed by atoms with Gasteiger partial charge in [-0.3, -0.25) is 9.78 Å². The standard InChI is InChI=1S/C42H46N4O4/c1-29-39(27-46-22-7-3-2-4-8-23-46)49-42(50-40(29)33-16-14-30(28-47)15-17-33)34-20-18-32(19-21-34)35-11-9-10-31(24-35)25-44-41(48)38-26-43-36-12-5-6-13-37(36)45-38/h5-6,9-21,24,26,29,39-40,42,47H,2-4,7-8,22-23,25,27-28H2,1H3,(H,44,48). The van der Waals surface area contributed by atoms with Gasteiger partial charge >= 0.3 is 0 Å². The molecule has 2 fully saturated rings. The second kappa shape index (κ2) is 16.0. The number of benzene rings is 4. The molecule has 4 atom stereocenters. The largest absolute Gasteiger partial charge is 0.392 e. The van der Waals surface area contributed by atoms with Crippen molar-refractivity contribution in [2.45, 2.75) is 70.7 Å². The third-order valence-corrected chi connectivity index (χ3v) is 10.1. The Balaban J connectivity index is 1.05. The lowest BCUT2D eigenvalue weighted by atomic mass is 9.89. The number of nitrogens with zero attached hydrogens (tertiary/aromatic N) is 3. The summed E-state index contributed by atoms with van der Waals surface area (Å²) in [4.78, 5) is 24.3. The van der Waals surface area contributed by atoms with Crippen LogP contribution in [0.2, 0.25) is 0 Å². The molecule has 4 unspecified atom stereocenters. The molecular weight excluding hydrogens is 624 g/mol. The van der Waals surface area contributed by atoms with E-state index >= 15 is 0 Å². The number of nitrogens with one attached hydrogen (secondary N) is 1. The Kier molecular flexibility index (Phi) is 10.9. The number of fused-ring (bicyclic) bond motifs is 1. The van der Waals surface area contributed by atoms with E-state index in [0.717, 1.165) is 58.5 Å². The highest BCUT2D eigenvalue weighted by Gasteiger charge is 2.39. The van der Waals surface area contributed by atoms with Crippen molar-refractivity contribution in [1.82, 2.24) is 20.2 Å². The van der Waals surface area contributed by atoms with E-state index in [1.165, 1.54) is 38.3 Å². The smallest absolute Gasteiger partial charge is 0.271 e. The third kappa shape index (κ3) is 8.11. The van der Waals surface area contributed by atoms with Crippen molar-refractivity contribution < 1.29 is 19.4 Å². The quantitative estimate of drug-likeness (QED) is 0.165. The molecule has 0 saturated carbocycles. The third-order valence-electron chi connectivity index (χ3n) is 10.1. The molecule has 2 saturated heterocycles. The Morgan fingerprint density at radius 2 is 1.52 bits per heavy atom. The Bertz CT molecular complexity index is 1870. The van der Waals surface area contributed by atoms with Crippen LogP contribution in [0, 0.1) is 5.92 Å². The zero-order chi connectivity index (χ0) is 34.3. The number of aliphatic hydroxyl groups is 1. The molecule has 0 aliphatic carbocycles. The van der Waals surface area contributed by atoms with Gasteiger partial charge in [0.25, 0.3) is 5.91 Å². The van der Waals surface area contributed by atoms with Gasteiger partial charge in [-0.25, -0.2) is 4.98 Å². The fourth-order valence-electron chi connectivity index (χ4n) is 7.11. The lowest BCUT2D eigenvalue weighted by Gasteiger charge is -2.43. The van der Waals surface area contributed by atoms with Crippen LogP contribution in [-0.4, -0.2) is 51.6 Å². The van der Waals surface area contributed by atoms with Crippen LogP contribution in [-0.2, 0) is 22.6 Å². The van der Waals surface area contributed by atoms with Crippen LogP contribution in [0.15, 0.2) is 103 Å². The first-order valence-corrected chi connectivity index (χ1v) is 18.0. The molecule has 0 bridgehead atoms. The molecule has 8 heteroatoms. The van der Waals surface area contributed by atoms with Crippen LogP contribution in [0.1, 0.15) is 84.2 Å². The van der Waals surface area contributed by atoms with Crippen LogP contribution in [0.25, 0.3) is 22.2 Å². The SMILES string of the molecule is CC1C(CN2CCCCCCC2)OC(c2ccc(-c3cccc(CNC(=O)c4cnc5ccccc5n4)c3)cc2)OC1c1ccc(CO)cc1. The number of para-hydroxylation sites is 2. The summed E-state index contributed by atoms with van der Waals surface area (Å²) in [5.41, 5.74) is 7.85. The average molecular weight is 671 g/mol. The van der Waals surface area contributed by atoms with Gasteiger partial charge in [0.1, 0.15) is 5.69 Å². The van der Waals surface area contributed by atoms with Crippen molar-refractivity contribution >= 4 is 16.9 Å². The zero-order valence-corrected chi connectivity index (χ0v) is 28.7. The lowest BCUT2D eigenvalue weighted by Crippen LogP contribution is -2.45. The van der Waals surface area contributed by atoms with E-state index in [0.29, 0.717) is 17.8 Å². The fourth-order valence-corrected chi connectivity index (χ4v) is 7.11. The maximum atomic E-state index is 12.9. The first kappa shape index (κ1) is 34.0. The van der Waals surface area contributed by atoms with Crippen LogP contribution < -0.4 is 5.32 Å². The number of amides is 1. The summed E-state index contributed by atoms with van der Waals surface area (Å²) < 4.78 is 13.5. The molecule has 7 rings (SSSR count). The topological polar surface area (TPSA) is 96.8 Å². The van der Waals surface area contributed by atoms with E-state index in [4.69, 9.17) is 9.47 Å². The lowest BCUT2D eigenvalue weighted by molar-refractivity contribution is -0.276. The Morgan fingerprint density at radius 3 is 2.28 bits per heavy atom. The van der Waals surface area contributed by atoms with Crippen LogP contribution in [0.4, 0.5) is 0 Å². The number of likely N-dealkylation sites (tertiary alicyclic amines) is 1. The predicted molar refractivity (Wildman–Crippen MR) is 195 cm³/mol. The minimum Gasteiger partial charge on any atom is -0.392 e. The molecule has 2 aliphatic heterocycles. The molecule has 3 heterocycles. The Hall–Kier alpha value is -4.47. The van der Waals surface area contributed by atoms with Gasteiger partial charge in [-0.15, -0.1) is 0 Å². The molecule has 0 spiro atoms. The molecule has 1 aromatic heterocycles. The number of hydrogen-bond donors (Lipinski definition) is 2. The predicted octanol–water partition coefficient (Wildman–Crippen LogP) is 7.78. The Morgan fingerprint density at radius 1 is 0.800 bits per heavy atom. The van der Waals surface area contributed by atoms with Gasteiger partial charge in [0.2, 0.25) is 0 Å². The van der Waals surface area contributed by atoms with E-state index in [9.17, 15) is 9.90 Å². The van der Waals surface area contributed by atoms with E-state index in [1.807, 2.05) is 48.5 Å². The van der Waals surface area contributed by atoms with Crippen molar-refractivity contribution in [2.24, 2.45) is 5.92 Å². The average Bonchev–Trinajstić information content (AvgIpc) is 3.15. The van der Waals surface area contributed by atoms with Gasteiger partial charge in [-0.2, -0.15) is 0 Å². The van der Waals surface area contributed by atoms with Crippen molar-refractivity contribution in [3.63, 3.8) is 0 Å². The van der Waals surface area contributed by atoms with Gasteiger partial charge in [-0.1, -0.05) is 105 Å². The highest BCUT2D eigenvalue weighted by Crippen LogP contribution is 2.42. The molecule has 2 aliphatic rings. The van der Waals surface area contributed by atoms with E-state index in [-0.39, 0.29) is 30.6 Å². The summed E-state index contributed by atoms with van der Waals surface area (Å²) in [6.45, 7) is 5.76. The van der Waals surface area contributed by atoms with Gasteiger partial charge in [0.05, 0.1) is 36.0 Å². The van der Waals surface area contributed by atoms with E-state index in [2.05, 4.69) is 75.6 Å². The van der Waals surface area contributed by atoms with Crippen molar-refractivity contribution in [3.8, 4) is 11.1 Å². The van der Waals surface area contributed by atoms with Crippen molar-refractivity contribution in [1.29, 1.82) is 0 Å². The van der Waals surface area contributed by atoms with Crippen molar-refractivity contribution in [3.05, 3.63) is 131 Å². The summed E-state index contributed by atoms with van der Waals surface area (Å²) >= 11 is 0. The monoisotopic (exact) mass is 670 g/mol. The highest BCUT2D eigenvalue weighted by atomic mass is 16.7. The molecule has 0 radical (unpaired) electrons. The van der Waals surface area contributed by atoms with Gasteiger partial charge < -0.3 is 24.8 Å². The highest BCUT2D eigenvalue weighted by molar-refractivity contribution is 5.93. The number of carbonyl (C=O) groups is 1. The minimum atomic E-state index is -0.498. The molecule has 258 valence electrons. The maximum absolute atomic E-state index is 12.9. The minimum absolute atomic E-state index is 0.0165. The van der Waals surface area contributed by atoms with Crippen molar-refractivity contribution in [2.75, 3.05) is 19.6 Å². The first-order valence-electron chi connectivity index (χ1n) is 18.0. The number of rotatable bonds is 9. The normalized spacial score (nSPS) is 21.7. The fraction of sp³-hybridized carbons (Fsp3) is 0.357. The van der Waals surface area contributed by atoms with E-state index < -0.39 is 6.29 Å². The summed E-state index contributed by atoms with van der Waals surface area (Å²) in [5, 5.41) is 12.6. The zero-order valence-electron chi connectivity index (χ0n) is 28.7. The molecular formula is C42H46N4O4. The molecule has 5 aromatic rings. The summed E-state index contributed by atoms with van der Waals surface area (Å²) in [6.07, 6.45) is 7.32. The maximum Gasteiger partial charge on any atom is 0.271 e. The second-order valence-electron chi connectivity index (χ2n) is 13.6. The number of hydrogen-bond acceptors (Lipinski definition) is 7. The number of aromatic nitrogens is 2. The first-order chi connectivity index (χ1) is 24.5. The second-order valence-corrected chi connectivity index (χ2v) is 13.6. The Labute approximate surface area is 294 Å². The number of ether oxygens (including phenoxy) is 2. The summed E-state index contributed by atoms with van der Waals surface area (Å²) in [7, 11) is 0. The van der Waals surface area contributed by atoms with Crippen LogP contribution in [0.3, 0.4) is 0 Å². The molecule has 1 amide bonds. The molecule has 50 heavy (non-hydrogen) atoms. The van der Waals surface area contributed by atoms with Gasteiger partial charge in [0, 0.05) is 24.6 Å². The summed E-state index contributed by atoms with van der Waals surface area (Å²) in [6, 6.07) is 32.3.